The van der Waals surface area contributed by atoms with Crippen LogP contribution >= 0.6 is 0 Å². The van der Waals surface area contributed by atoms with Crippen molar-refractivity contribution >= 4 is 5.97 Å². The van der Waals surface area contributed by atoms with Crippen molar-refractivity contribution in [3.63, 3.8) is 0 Å². The molecular formula is C12H15N3O2. The predicted octanol–water partition coefficient (Wildman–Crippen LogP) is 1.80. The van der Waals surface area contributed by atoms with Crippen LogP contribution in [0.4, 0.5) is 0 Å². The van der Waals surface area contributed by atoms with Crippen LogP contribution < -0.4 is 0 Å². The quantitative estimate of drug-likeness (QED) is 0.748. The van der Waals surface area contributed by atoms with Crippen LogP contribution in [0.2, 0.25) is 0 Å². The zero-order chi connectivity index (χ0) is 12.3. The van der Waals surface area contributed by atoms with Crippen LogP contribution in [-0.4, -0.2) is 30.2 Å². The molecule has 1 aliphatic heterocycles. The predicted molar refractivity (Wildman–Crippen MR) is 62.1 cm³/mol. The van der Waals surface area contributed by atoms with Gasteiger partial charge in [0, 0.05) is 0 Å². The molecule has 0 N–H and O–H groups in total. The first-order chi connectivity index (χ1) is 8.14. The molecule has 1 aromatic rings. The minimum atomic E-state index is -0.871. The van der Waals surface area contributed by atoms with Crippen LogP contribution in [-0.2, 0) is 16.1 Å². The van der Waals surface area contributed by atoms with Crippen molar-refractivity contribution in [3.05, 3.63) is 35.9 Å². The molecule has 90 valence electrons. The highest BCUT2D eigenvalue weighted by molar-refractivity contribution is 5.80. The second-order valence-corrected chi connectivity index (χ2v) is 4.26. The number of rotatable bonds is 3. The lowest BCUT2D eigenvalue weighted by Crippen LogP contribution is -2.39. The van der Waals surface area contributed by atoms with Gasteiger partial charge in [-0.3, -0.25) is 5.01 Å². The molecule has 0 fully saturated rings. The summed E-state index contributed by atoms with van der Waals surface area (Å²) in [5, 5.41) is 9.77. The molecule has 1 aromatic carbocycles. The maximum absolute atomic E-state index is 11.5. The molecule has 1 aliphatic rings. The van der Waals surface area contributed by atoms with E-state index in [2.05, 4.69) is 10.3 Å². The van der Waals surface area contributed by atoms with E-state index in [4.69, 9.17) is 4.74 Å². The number of hydrogen-bond acceptors (Lipinski definition) is 5. The summed E-state index contributed by atoms with van der Waals surface area (Å²) in [6.07, 6.45) is 0. The summed E-state index contributed by atoms with van der Waals surface area (Å²) in [7, 11) is 1.36. The van der Waals surface area contributed by atoms with Gasteiger partial charge >= 0.3 is 5.97 Å². The molecule has 0 amide bonds. The maximum atomic E-state index is 11.5. The molecule has 0 bridgehead atoms. The molecule has 5 nitrogen and oxygen atoms in total. The minimum absolute atomic E-state index is 0.350. The lowest BCUT2D eigenvalue weighted by Gasteiger charge is -2.18. The third-order valence-corrected chi connectivity index (χ3v) is 2.72. The Morgan fingerprint density at radius 1 is 1.47 bits per heavy atom. The van der Waals surface area contributed by atoms with Crippen molar-refractivity contribution in [1.29, 1.82) is 0 Å². The number of benzene rings is 1. The van der Waals surface area contributed by atoms with E-state index in [9.17, 15) is 4.79 Å². The van der Waals surface area contributed by atoms with Gasteiger partial charge in [0.25, 0.3) is 0 Å². The molecule has 0 aromatic heterocycles. The number of methoxy groups -OCH3 is 1. The van der Waals surface area contributed by atoms with Crippen LogP contribution in [0.1, 0.15) is 12.5 Å². The van der Waals surface area contributed by atoms with E-state index in [1.165, 1.54) is 7.11 Å². The van der Waals surface area contributed by atoms with Crippen molar-refractivity contribution < 1.29 is 9.53 Å². The molecule has 5 heteroatoms. The van der Waals surface area contributed by atoms with Gasteiger partial charge in [0.1, 0.15) is 0 Å². The Bertz CT molecular complexity index is 433. The Labute approximate surface area is 100 Å². The average molecular weight is 233 g/mol. The molecule has 17 heavy (non-hydrogen) atoms. The summed E-state index contributed by atoms with van der Waals surface area (Å²) in [4.78, 5) is 11.5. The highest BCUT2D eigenvalue weighted by atomic mass is 16.5. The highest BCUT2D eigenvalue weighted by Crippen LogP contribution is 2.23. The first-order valence-electron chi connectivity index (χ1n) is 5.44. The molecule has 1 unspecified atom stereocenters. The number of hydrogen-bond donors (Lipinski definition) is 0. The molecule has 1 atom stereocenters. The lowest BCUT2D eigenvalue weighted by atomic mass is 10.0. The molecule has 0 radical (unpaired) electrons. The Morgan fingerprint density at radius 3 is 2.82 bits per heavy atom. The Balaban J connectivity index is 2.00. The van der Waals surface area contributed by atoms with Gasteiger partial charge in [-0.1, -0.05) is 35.6 Å². The third kappa shape index (κ3) is 2.43. The van der Waals surface area contributed by atoms with E-state index in [-0.39, 0.29) is 5.97 Å². The Morgan fingerprint density at radius 2 is 2.18 bits per heavy atom. The molecule has 0 aliphatic carbocycles. The van der Waals surface area contributed by atoms with Gasteiger partial charge in [0.2, 0.25) is 0 Å². The summed E-state index contributed by atoms with van der Waals surface area (Å²) >= 11 is 0. The number of carbonyl (C=O) groups excluding carboxylic acids is 1. The number of ether oxygens (including phenoxy) is 1. The fraction of sp³-hybridized carbons (Fsp3) is 0.417. The summed E-state index contributed by atoms with van der Waals surface area (Å²) in [5.74, 6) is -0.350. The second-order valence-electron chi connectivity index (χ2n) is 4.26. The third-order valence-electron chi connectivity index (χ3n) is 2.72. The lowest BCUT2D eigenvalue weighted by molar-refractivity contribution is -0.146. The summed E-state index contributed by atoms with van der Waals surface area (Å²) in [6.45, 7) is 2.83. The topological polar surface area (TPSA) is 54.3 Å². The molecule has 2 rings (SSSR count). The van der Waals surface area contributed by atoms with Gasteiger partial charge < -0.3 is 4.74 Å². The van der Waals surface area contributed by atoms with Gasteiger partial charge in [-0.05, 0) is 12.5 Å². The van der Waals surface area contributed by atoms with E-state index in [0.29, 0.717) is 13.1 Å². The van der Waals surface area contributed by atoms with Crippen molar-refractivity contribution in [1.82, 2.24) is 5.01 Å². The zero-order valence-corrected chi connectivity index (χ0v) is 9.96. The van der Waals surface area contributed by atoms with Gasteiger partial charge in [0.05, 0.1) is 20.2 Å². The molecule has 0 saturated heterocycles. The number of esters is 1. The fourth-order valence-electron chi connectivity index (χ4n) is 1.79. The minimum Gasteiger partial charge on any atom is -0.467 e. The van der Waals surface area contributed by atoms with Crippen LogP contribution in [0.3, 0.4) is 0 Å². The summed E-state index contributed by atoms with van der Waals surface area (Å²) < 4.78 is 4.72. The van der Waals surface area contributed by atoms with E-state index < -0.39 is 5.54 Å². The van der Waals surface area contributed by atoms with Crippen molar-refractivity contribution in [2.75, 3.05) is 13.7 Å². The second kappa shape index (κ2) is 4.53. The van der Waals surface area contributed by atoms with Crippen LogP contribution in [0.5, 0.6) is 0 Å². The van der Waals surface area contributed by atoms with Gasteiger partial charge in [-0.25, -0.2) is 4.79 Å². The largest absolute Gasteiger partial charge is 0.467 e. The number of nitrogens with zero attached hydrogens (tertiary/aromatic N) is 3. The average Bonchev–Trinajstić information content (AvgIpc) is 2.72. The molecule has 0 saturated carbocycles. The Hall–Kier alpha value is -1.91. The van der Waals surface area contributed by atoms with E-state index in [1.807, 2.05) is 30.3 Å². The van der Waals surface area contributed by atoms with E-state index in [1.54, 1.807) is 11.9 Å². The van der Waals surface area contributed by atoms with Crippen molar-refractivity contribution in [2.24, 2.45) is 10.3 Å². The first kappa shape index (κ1) is 11.6. The summed E-state index contributed by atoms with van der Waals surface area (Å²) in [6, 6.07) is 9.95. The molecule has 0 spiro atoms. The van der Waals surface area contributed by atoms with Gasteiger partial charge in [-0.2, -0.15) is 5.11 Å². The van der Waals surface area contributed by atoms with Gasteiger partial charge in [0.15, 0.2) is 5.54 Å². The molecular weight excluding hydrogens is 218 g/mol. The Kier molecular flexibility index (Phi) is 3.08. The first-order valence-corrected chi connectivity index (χ1v) is 5.44. The standard InChI is InChI=1S/C12H15N3O2/c1-12(11(16)17-2)9-15(14-13-12)8-10-6-4-3-5-7-10/h3-7H,8-9H2,1-2H3. The van der Waals surface area contributed by atoms with Crippen LogP contribution in [0.25, 0.3) is 0 Å². The van der Waals surface area contributed by atoms with E-state index >= 15 is 0 Å². The molecule has 1 heterocycles. The normalized spacial score (nSPS) is 22.8. The smallest absolute Gasteiger partial charge is 0.337 e. The number of carbonyl (C=O) groups is 1. The zero-order valence-electron chi connectivity index (χ0n) is 9.96. The maximum Gasteiger partial charge on any atom is 0.337 e. The fourth-order valence-corrected chi connectivity index (χ4v) is 1.79. The van der Waals surface area contributed by atoms with E-state index in [0.717, 1.165) is 5.56 Å². The van der Waals surface area contributed by atoms with Gasteiger partial charge in [-0.15, -0.1) is 0 Å². The highest BCUT2D eigenvalue weighted by Gasteiger charge is 2.40. The van der Waals surface area contributed by atoms with Crippen molar-refractivity contribution in [2.45, 2.75) is 19.0 Å². The van der Waals surface area contributed by atoms with Crippen LogP contribution in [0.15, 0.2) is 40.7 Å². The summed E-state index contributed by atoms with van der Waals surface area (Å²) in [5.41, 5.74) is 0.268. The van der Waals surface area contributed by atoms with Crippen LogP contribution in [0, 0.1) is 0 Å². The monoisotopic (exact) mass is 233 g/mol. The van der Waals surface area contributed by atoms with Crippen molar-refractivity contribution in [3.8, 4) is 0 Å². The SMILES string of the molecule is COC(=O)C1(C)CN(Cc2ccccc2)N=N1.